The summed E-state index contributed by atoms with van der Waals surface area (Å²) in [5.41, 5.74) is -1.58. The molecular formula is C28H35F5N4O5. The van der Waals surface area contributed by atoms with Crippen LogP contribution in [-0.4, -0.2) is 60.3 Å². The normalized spacial score (nSPS) is 19.3. The maximum atomic E-state index is 14.2. The fourth-order valence-electron chi connectivity index (χ4n) is 4.75. The minimum Gasteiger partial charge on any atom is -0.356 e. The van der Waals surface area contributed by atoms with Crippen LogP contribution >= 0.6 is 0 Å². The summed E-state index contributed by atoms with van der Waals surface area (Å²) >= 11 is 0. The Morgan fingerprint density at radius 2 is 1.67 bits per heavy atom. The molecule has 1 aromatic carbocycles. The predicted octanol–water partition coefficient (Wildman–Crippen LogP) is 2.78. The van der Waals surface area contributed by atoms with E-state index in [9.17, 15) is 45.9 Å². The molecule has 1 unspecified atom stereocenters. The zero-order valence-electron chi connectivity index (χ0n) is 23.5. The van der Waals surface area contributed by atoms with Gasteiger partial charge in [0.05, 0.1) is 12.0 Å². The van der Waals surface area contributed by atoms with Crippen molar-refractivity contribution in [1.29, 1.82) is 0 Å². The topological polar surface area (TPSA) is 133 Å². The Labute approximate surface area is 239 Å². The summed E-state index contributed by atoms with van der Waals surface area (Å²) in [5.74, 6) is -10.3. The van der Waals surface area contributed by atoms with Crippen LogP contribution in [0.15, 0.2) is 18.2 Å². The van der Waals surface area contributed by atoms with Crippen molar-refractivity contribution < 1.29 is 45.9 Å². The van der Waals surface area contributed by atoms with Gasteiger partial charge in [0.15, 0.2) is 0 Å². The first-order valence-corrected chi connectivity index (χ1v) is 13.7. The number of rotatable bonds is 12. The largest absolute Gasteiger partial charge is 0.396 e. The van der Waals surface area contributed by atoms with Crippen LogP contribution in [0.25, 0.3) is 0 Å². The number of nitrogens with one attached hydrogen (secondary N) is 4. The average molecular weight is 603 g/mol. The minimum absolute atomic E-state index is 0.0781. The lowest BCUT2D eigenvalue weighted by molar-refractivity contribution is -0.158. The highest BCUT2D eigenvalue weighted by atomic mass is 19.4. The van der Waals surface area contributed by atoms with E-state index in [-0.39, 0.29) is 30.9 Å². The molecule has 232 valence electrons. The van der Waals surface area contributed by atoms with Crippen LogP contribution in [0.2, 0.25) is 0 Å². The Kier molecular flexibility index (Phi) is 10.3. The molecule has 1 heterocycles. The van der Waals surface area contributed by atoms with Gasteiger partial charge in [-0.15, -0.1) is 0 Å². The molecule has 0 aromatic heterocycles. The first kappa shape index (κ1) is 32.9. The van der Waals surface area contributed by atoms with E-state index in [4.69, 9.17) is 0 Å². The molecule has 4 amide bonds. The zero-order valence-corrected chi connectivity index (χ0v) is 23.5. The molecule has 0 radical (unpaired) electrons. The number of halogens is 5. The van der Waals surface area contributed by atoms with Crippen molar-refractivity contribution in [2.24, 2.45) is 11.3 Å². The van der Waals surface area contributed by atoms with Crippen LogP contribution < -0.4 is 21.3 Å². The van der Waals surface area contributed by atoms with Crippen molar-refractivity contribution in [3.05, 3.63) is 35.4 Å². The van der Waals surface area contributed by atoms with E-state index in [0.29, 0.717) is 37.9 Å². The lowest BCUT2D eigenvalue weighted by atomic mass is 9.87. The third-order valence-corrected chi connectivity index (χ3v) is 7.04. The Bertz CT molecular complexity index is 1210. The van der Waals surface area contributed by atoms with Crippen LogP contribution in [0.4, 0.5) is 22.0 Å². The van der Waals surface area contributed by atoms with Gasteiger partial charge in [-0.3, -0.25) is 24.0 Å². The molecule has 42 heavy (non-hydrogen) atoms. The standard InChI is InChI=1S/C28H35F5N4O5/c1-27(2,3)13-21(36-22(38)12-18(28(31,32)33)17-7-4-15(29)11-19(17)30)25(41)37-20(10-14-8-9-34-24(14)40)23(39)26(42)35-16-5-6-16/h4,7,11,14,16,18,20-21H,5-6,8-10,12-13H2,1-3H3,(H,34,40)(H,35,42)(H,36,38)(H,37,41)/t14-,18+,20?,21-/m0/s1. The molecule has 3 rings (SSSR count). The highest BCUT2D eigenvalue weighted by Gasteiger charge is 2.44. The molecule has 14 heteroatoms. The van der Waals surface area contributed by atoms with Crippen molar-refractivity contribution in [3.8, 4) is 0 Å². The number of carbonyl (C=O) groups is 5. The molecule has 0 spiro atoms. The predicted molar refractivity (Wildman–Crippen MR) is 140 cm³/mol. The van der Waals surface area contributed by atoms with Gasteiger partial charge in [-0.2, -0.15) is 13.2 Å². The molecule has 2 fully saturated rings. The summed E-state index contributed by atoms with van der Waals surface area (Å²) in [6, 6.07) is -1.50. The molecule has 1 aliphatic carbocycles. The Hall–Kier alpha value is -3.58. The van der Waals surface area contributed by atoms with E-state index < -0.39 is 82.6 Å². The smallest absolute Gasteiger partial charge is 0.356 e. The maximum Gasteiger partial charge on any atom is 0.396 e. The summed E-state index contributed by atoms with van der Waals surface area (Å²) in [6.07, 6.45) is -4.89. The lowest BCUT2D eigenvalue weighted by Gasteiger charge is -2.29. The van der Waals surface area contributed by atoms with E-state index in [1.54, 1.807) is 20.8 Å². The molecule has 4 atom stereocenters. The maximum absolute atomic E-state index is 14.2. The fraction of sp³-hybridized carbons (Fsp3) is 0.607. The monoisotopic (exact) mass is 602 g/mol. The summed E-state index contributed by atoms with van der Waals surface area (Å²) in [5, 5.41) is 9.83. The van der Waals surface area contributed by atoms with E-state index in [1.807, 2.05) is 0 Å². The SMILES string of the molecule is CC(C)(C)C[C@H](NC(=O)C[C@H](c1ccc(F)cc1F)C(F)(F)F)C(=O)NC(C[C@@H]1CCNC1=O)C(=O)C(=O)NC1CC1. The molecule has 1 saturated heterocycles. The van der Waals surface area contributed by atoms with Gasteiger partial charge < -0.3 is 21.3 Å². The second kappa shape index (κ2) is 13.2. The summed E-state index contributed by atoms with van der Waals surface area (Å²) in [6.45, 7) is 5.48. The summed E-state index contributed by atoms with van der Waals surface area (Å²) < 4.78 is 69.1. The van der Waals surface area contributed by atoms with Crippen LogP contribution in [0, 0.1) is 23.0 Å². The van der Waals surface area contributed by atoms with Crippen molar-refractivity contribution in [3.63, 3.8) is 0 Å². The Balaban J connectivity index is 1.80. The second-order valence-electron chi connectivity index (χ2n) is 12.0. The molecule has 1 aliphatic heterocycles. The van der Waals surface area contributed by atoms with Gasteiger partial charge in [0.2, 0.25) is 23.5 Å². The van der Waals surface area contributed by atoms with E-state index in [2.05, 4.69) is 21.3 Å². The number of amides is 4. The van der Waals surface area contributed by atoms with Crippen molar-refractivity contribution in [2.45, 2.75) is 89.5 Å². The summed E-state index contributed by atoms with van der Waals surface area (Å²) in [7, 11) is 0. The highest BCUT2D eigenvalue weighted by molar-refractivity contribution is 6.38. The molecule has 1 aromatic rings. The van der Waals surface area contributed by atoms with Crippen LogP contribution in [0.3, 0.4) is 0 Å². The number of carbonyl (C=O) groups excluding carboxylic acids is 5. The number of ketones is 1. The number of benzene rings is 1. The molecular weight excluding hydrogens is 567 g/mol. The van der Waals surface area contributed by atoms with Crippen molar-refractivity contribution >= 4 is 29.4 Å². The van der Waals surface area contributed by atoms with Crippen LogP contribution in [0.5, 0.6) is 0 Å². The first-order chi connectivity index (χ1) is 19.4. The Morgan fingerprint density at radius 1 is 1.00 bits per heavy atom. The number of hydrogen-bond acceptors (Lipinski definition) is 5. The Morgan fingerprint density at radius 3 is 2.19 bits per heavy atom. The number of alkyl halides is 3. The molecule has 0 bridgehead atoms. The first-order valence-electron chi connectivity index (χ1n) is 13.7. The van der Waals surface area contributed by atoms with Gasteiger partial charge in [0.1, 0.15) is 17.7 Å². The quantitative estimate of drug-likeness (QED) is 0.216. The van der Waals surface area contributed by atoms with Gasteiger partial charge in [-0.1, -0.05) is 26.8 Å². The molecule has 4 N–H and O–H groups in total. The van der Waals surface area contributed by atoms with Gasteiger partial charge in [0.25, 0.3) is 5.91 Å². The van der Waals surface area contributed by atoms with E-state index in [0.717, 1.165) is 0 Å². The van der Waals surface area contributed by atoms with Gasteiger partial charge >= 0.3 is 6.18 Å². The molecule has 1 saturated carbocycles. The third kappa shape index (κ3) is 9.48. The van der Waals surface area contributed by atoms with Gasteiger partial charge in [0, 0.05) is 36.6 Å². The molecule has 2 aliphatic rings. The molecule has 9 nitrogen and oxygen atoms in total. The van der Waals surface area contributed by atoms with E-state index in [1.165, 1.54) is 0 Å². The second-order valence-corrected chi connectivity index (χ2v) is 12.0. The highest BCUT2D eigenvalue weighted by Crippen LogP contribution is 2.39. The fourth-order valence-corrected chi connectivity index (χ4v) is 4.75. The zero-order chi connectivity index (χ0) is 31.4. The lowest BCUT2D eigenvalue weighted by Crippen LogP contribution is -2.55. The van der Waals surface area contributed by atoms with Crippen LogP contribution in [-0.2, 0) is 24.0 Å². The van der Waals surface area contributed by atoms with Gasteiger partial charge in [-0.25, -0.2) is 8.78 Å². The van der Waals surface area contributed by atoms with Crippen molar-refractivity contribution in [1.82, 2.24) is 21.3 Å². The van der Waals surface area contributed by atoms with E-state index >= 15 is 0 Å². The minimum atomic E-state index is -5.08. The average Bonchev–Trinajstić information content (AvgIpc) is 3.59. The number of hydrogen-bond donors (Lipinski definition) is 4. The number of Topliss-reactive ketones (excluding diaryl/α,β-unsaturated/α-hetero) is 1. The van der Waals surface area contributed by atoms with Gasteiger partial charge in [-0.05, 0) is 43.6 Å². The van der Waals surface area contributed by atoms with Crippen molar-refractivity contribution in [2.75, 3.05) is 6.54 Å². The third-order valence-electron chi connectivity index (χ3n) is 7.04. The summed E-state index contributed by atoms with van der Waals surface area (Å²) in [4.78, 5) is 63.9. The van der Waals surface area contributed by atoms with Crippen LogP contribution in [0.1, 0.15) is 70.8 Å².